The number of benzene rings is 2. The molecule has 8 heteroatoms. The Morgan fingerprint density at radius 2 is 1.77 bits per heavy atom. The molecule has 0 radical (unpaired) electrons. The van der Waals surface area contributed by atoms with Gasteiger partial charge in [0, 0.05) is 5.56 Å². The third-order valence-electron chi connectivity index (χ3n) is 3.31. The van der Waals surface area contributed by atoms with E-state index in [4.69, 9.17) is 4.74 Å². The fraction of sp³-hybridized carbons (Fsp3) is 0.167. The number of carbonyl (C=O) groups excluding carboxylic acids is 3. The summed E-state index contributed by atoms with van der Waals surface area (Å²) in [7, 11) is 1.25. The van der Waals surface area contributed by atoms with Crippen LogP contribution in [-0.4, -0.2) is 31.5 Å². The second-order valence-corrected chi connectivity index (χ2v) is 6.15. The second kappa shape index (κ2) is 9.00. The van der Waals surface area contributed by atoms with Gasteiger partial charge in [-0.25, -0.2) is 4.79 Å². The van der Waals surface area contributed by atoms with Crippen LogP contribution >= 0.6 is 15.9 Å². The molecule has 0 aliphatic carbocycles. The van der Waals surface area contributed by atoms with Gasteiger partial charge in [-0.05, 0) is 58.7 Å². The SMILES string of the molecule is COC(=O)c1cccc(C(=O)NNC(=O)COc2ccc(C)cc2Br)c1. The Bertz CT molecular complexity index is 838. The average Bonchev–Trinajstić information content (AvgIpc) is 2.64. The molecule has 2 amide bonds. The topological polar surface area (TPSA) is 93.7 Å². The molecule has 26 heavy (non-hydrogen) atoms. The van der Waals surface area contributed by atoms with E-state index in [0.29, 0.717) is 5.75 Å². The van der Waals surface area contributed by atoms with Crippen LogP contribution in [0.2, 0.25) is 0 Å². The van der Waals surface area contributed by atoms with Crippen LogP contribution in [0.15, 0.2) is 46.9 Å². The van der Waals surface area contributed by atoms with Crippen LogP contribution in [0.3, 0.4) is 0 Å². The summed E-state index contributed by atoms with van der Waals surface area (Å²) >= 11 is 3.35. The molecule has 0 unspecified atom stereocenters. The second-order valence-electron chi connectivity index (χ2n) is 5.30. The largest absolute Gasteiger partial charge is 0.483 e. The van der Waals surface area contributed by atoms with Crippen molar-refractivity contribution < 1.29 is 23.9 Å². The summed E-state index contributed by atoms with van der Waals surface area (Å²) in [5, 5.41) is 0. The fourth-order valence-electron chi connectivity index (χ4n) is 2.01. The molecule has 0 bridgehead atoms. The van der Waals surface area contributed by atoms with Crippen molar-refractivity contribution in [1.29, 1.82) is 0 Å². The van der Waals surface area contributed by atoms with Crippen molar-refractivity contribution in [2.24, 2.45) is 0 Å². The number of halogens is 1. The van der Waals surface area contributed by atoms with Gasteiger partial charge in [0.2, 0.25) is 0 Å². The maximum atomic E-state index is 12.1. The molecule has 0 fully saturated rings. The van der Waals surface area contributed by atoms with Gasteiger partial charge in [-0.1, -0.05) is 12.1 Å². The zero-order chi connectivity index (χ0) is 19.1. The van der Waals surface area contributed by atoms with Crippen molar-refractivity contribution in [3.63, 3.8) is 0 Å². The van der Waals surface area contributed by atoms with Crippen LogP contribution < -0.4 is 15.6 Å². The van der Waals surface area contributed by atoms with Gasteiger partial charge >= 0.3 is 5.97 Å². The number of rotatable bonds is 5. The highest BCUT2D eigenvalue weighted by atomic mass is 79.9. The van der Waals surface area contributed by atoms with E-state index in [-0.39, 0.29) is 17.7 Å². The predicted molar refractivity (Wildman–Crippen MR) is 97.8 cm³/mol. The van der Waals surface area contributed by atoms with Crippen LogP contribution in [0.5, 0.6) is 5.75 Å². The maximum absolute atomic E-state index is 12.1. The molecule has 0 saturated heterocycles. The van der Waals surface area contributed by atoms with Gasteiger partial charge in [-0.2, -0.15) is 0 Å². The van der Waals surface area contributed by atoms with Crippen molar-refractivity contribution in [3.05, 3.63) is 63.6 Å². The number of ether oxygens (including phenoxy) is 2. The van der Waals surface area contributed by atoms with Gasteiger partial charge in [0.15, 0.2) is 6.61 Å². The van der Waals surface area contributed by atoms with Gasteiger partial charge < -0.3 is 9.47 Å². The number of amides is 2. The third kappa shape index (κ3) is 5.32. The van der Waals surface area contributed by atoms with E-state index in [1.807, 2.05) is 19.1 Å². The van der Waals surface area contributed by atoms with Crippen LogP contribution in [0.25, 0.3) is 0 Å². The first-order chi connectivity index (χ1) is 12.4. The Morgan fingerprint density at radius 1 is 1.04 bits per heavy atom. The van der Waals surface area contributed by atoms with Gasteiger partial charge in [-0.3, -0.25) is 20.4 Å². The number of hydrogen-bond donors (Lipinski definition) is 2. The Balaban J connectivity index is 1.87. The molecule has 2 aromatic carbocycles. The lowest BCUT2D eigenvalue weighted by atomic mass is 10.1. The van der Waals surface area contributed by atoms with E-state index < -0.39 is 17.8 Å². The predicted octanol–water partition coefficient (Wildman–Crippen LogP) is 2.38. The molecule has 2 rings (SSSR count). The zero-order valence-corrected chi connectivity index (χ0v) is 15.8. The summed E-state index contributed by atoms with van der Waals surface area (Å²) in [6.45, 7) is 1.66. The Labute approximate surface area is 158 Å². The molecule has 2 aromatic rings. The Hall–Kier alpha value is -2.87. The molecular formula is C18H17BrN2O5. The van der Waals surface area contributed by atoms with Crippen molar-refractivity contribution >= 4 is 33.7 Å². The summed E-state index contributed by atoms with van der Waals surface area (Å²) < 4.78 is 10.7. The summed E-state index contributed by atoms with van der Waals surface area (Å²) in [6.07, 6.45) is 0. The minimum atomic E-state index is -0.569. The maximum Gasteiger partial charge on any atom is 0.337 e. The number of methoxy groups -OCH3 is 1. The van der Waals surface area contributed by atoms with E-state index >= 15 is 0 Å². The highest BCUT2D eigenvalue weighted by Crippen LogP contribution is 2.25. The quantitative estimate of drug-likeness (QED) is 0.571. The number of carbonyl (C=O) groups is 3. The van der Waals surface area contributed by atoms with E-state index in [1.54, 1.807) is 12.1 Å². The minimum absolute atomic E-state index is 0.204. The molecule has 0 aromatic heterocycles. The lowest BCUT2D eigenvalue weighted by Crippen LogP contribution is -2.43. The van der Waals surface area contributed by atoms with Crippen molar-refractivity contribution in [1.82, 2.24) is 10.9 Å². The average molecular weight is 421 g/mol. The van der Waals surface area contributed by atoms with Gasteiger partial charge in [0.05, 0.1) is 17.1 Å². The normalized spacial score (nSPS) is 9.96. The van der Waals surface area contributed by atoms with Gasteiger partial charge in [0.1, 0.15) is 5.75 Å². The molecule has 0 aliphatic rings. The molecule has 136 valence electrons. The first-order valence-corrected chi connectivity index (χ1v) is 8.36. The smallest absolute Gasteiger partial charge is 0.337 e. The van der Waals surface area contributed by atoms with Crippen LogP contribution in [0.1, 0.15) is 26.3 Å². The van der Waals surface area contributed by atoms with E-state index in [0.717, 1.165) is 10.0 Å². The lowest BCUT2D eigenvalue weighted by Gasteiger charge is -2.10. The molecule has 0 spiro atoms. The van der Waals surface area contributed by atoms with Gasteiger partial charge in [-0.15, -0.1) is 0 Å². The molecule has 7 nitrogen and oxygen atoms in total. The summed E-state index contributed by atoms with van der Waals surface area (Å²) in [5.74, 6) is -1.14. The number of hydrazine groups is 1. The Morgan fingerprint density at radius 3 is 2.46 bits per heavy atom. The number of esters is 1. The van der Waals surface area contributed by atoms with Crippen molar-refractivity contribution in [3.8, 4) is 5.75 Å². The number of nitrogens with one attached hydrogen (secondary N) is 2. The third-order valence-corrected chi connectivity index (χ3v) is 3.93. The number of hydrogen-bond acceptors (Lipinski definition) is 5. The standard InChI is InChI=1S/C18H17BrN2O5/c1-11-6-7-15(14(19)8-11)26-10-16(22)20-21-17(23)12-4-3-5-13(9-12)18(24)25-2/h3-9H,10H2,1-2H3,(H,20,22)(H,21,23). The Kier molecular flexibility index (Phi) is 6.74. The highest BCUT2D eigenvalue weighted by Gasteiger charge is 2.12. The number of aryl methyl sites for hydroxylation is 1. The fourth-order valence-corrected chi connectivity index (χ4v) is 2.61. The molecule has 0 aliphatic heterocycles. The van der Waals surface area contributed by atoms with Crippen molar-refractivity contribution in [2.45, 2.75) is 6.92 Å². The first kappa shape index (κ1) is 19.5. The highest BCUT2D eigenvalue weighted by molar-refractivity contribution is 9.10. The van der Waals surface area contributed by atoms with Crippen molar-refractivity contribution in [2.75, 3.05) is 13.7 Å². The van der Waals surface area contributed by atoms with E-state index in [1.165, 1.54) is 25.3 Å². The summed E-state index contributed by atoms with van der Waals surface area (Å²) in [4.78, 5) is 35.3. The molecule has 0 heterocycles. The van der Waals surface area contributed by atoms with Gasteiger partial charge in [0.25, 0.3) is 11.8 Å². The van der Waals surface area contributed by atoms with Crippen LogP contribution in [0, 0.1) is 6.92 Å². The first-order valence-electron chi connectivity index (χ1n) is 7.57. The summed E-state index contributed by atoms with van der Waals surface area (Å²) in [6, 6.07) is 11.4. The molecule has 0 saturated carbocycles. The summed E-state index contributed by atoms with van der Waals surface area (Å²) in [5.41, 5.74) is 6.00. The minimum Gasteiger partial charge on any atom is -0.483 e. The monoisotopic (exact) mass is 420 g/mol. The molecule has 2 N–H and O–H groups in total. The van der Waals surface area contributed by atoms with Crippen LogP contribution in [-0.2, 0) is 9.53 Å². The lowest BCUT2D eigenvalue weighted by molar-refractivity contribution is -0.123. The van der Waals surface area contributed by atoms with E-state index in [2.05, 4.69) is 31.5 Å². The molecular weight excluding hydrogens is 404 g/mol. The molecule has 0 atom stereocenters. The zero-order valence-electron chi connectivity index (χ0n) is 14.2. The van der Waals surface area contributed by atoms with E-state index in [9.17, 15) is 14.4 Å². The van der Waals surface area contributed by atoms with Crippen LogP contribution in [0.4, 0.5) is 0 Å².